The average Bonchev–Trinajstić information content (AvgIpc) is 3.00. The zero-order valence-electron chi connectivity index (χ0n) is 25.6. The standard InChI is InChI=1S/C33H36ClN5O4S/c1-21-17-22(2)36-33(35-21)44-20-30(40)39(19-23-7-10-25(34)11-8-23)31(24-9-16-28(42-5)29(18-24)43-6)32(41)37-26-12-14-27(15-13-26)38(3)4/h7-18,31H,19-20H2,1-6H3,(H,37,41). The van der Waals surface area contributed by atoms with Gasteiger partial charge in [-0.05, 0) is 79.6 Å². The third-order valence-corrected chi connectivity index (χ3v) is 7.89. The Kier molecular flexibility index (Phi) is 11.1. The van der Waals surface area contributed by atoms with Crippen LogP contribution in [0.4, 0.5) is 11.4 Å². The van der Waals surface area contributed by atoms with Crippen LogP contribution in [-0.2, 0) is 16.1 Å². The lowest BCUT2D eigenvalue weighted by Gasteiger charge is -2.32. The van der Waals surface area contributed by atoms with Gasteiger partial charge in [-0.2, -0.15) is 0 Å². The molecule has 0 aliphatic carbocycles. The number of hydrogen-bond donors (Lipinski definition) is 1. The van der Waals surface area contributed by atoms with Crippen molar-refractivity contribution >= 4 is 46.6 Å². The van der Waals surface area contributed by atoms with Gasteiger partial charge < -0.3 is 24.6 Å². The summed E-state index contributed by atoms with van der Waals surface area (Å²) in [7, 11) is 6.96. The van der Waals surface area contributed by atoms with Crippen LogP contribution in [0.5, 0.6) is 11.5 Å². The van der Waals surface area contributed by atoms with Crippen molar-refractivity contribution in [3.63, 3.8) is 0 Å². The van der Waals surface area contributed by atoms with Crippen LogP contribution in [0, 0.1) is 13.8 Å². The maximum atomic E-state index is 14.2. The van der Waals surface area contributed by atoms with Crippen LogP contribution in [0.25, 0.3) is 0 Å². The molecular formula is C33H36ClN5O4S. The van der Waals surface area contributed by atoms with Gasteiger partial charge in [-0.25, -0.2) is 9.97 Å². The number of carbonyl (C=O) groups is 2. The molecule has 1 N–H and O–H groups in total. The molecule has 4 aromatic rings. The second-order valence-corrected chi connectivity index (χ2v) is 11.7. The topological polar surface area (TPSA) is 96.9 Å². The third kappa shape index (κ3) is 8.42. The number of carbonyl (C=O) groups excluding carboxylic acids is 2. The molecule has 0 radical (unpaired) electrons. The van der Waals surface area contributed by atoms with Gasteiger partial charge >= 0.3 is 0 Å². The first-order valence-corrected chi connectivity index (χ1v) is 15.2. The van der Waals surface area contributed by atoms with E-state index in [0.29, 0.717) is 32.9 Å². The van der Waals surface area contributed by atoms with Crippen molar-refractivity contribution in [2.24, 2.45) is 0 Å². The predicted octanol–water partition coefficient (Wildman–Crippen LogP) is 6.33. The third-order valence-electron chi connectivity index (χ3n) is 6.81. The van der Waals surface area contributed by atoms with Crippen LogP contribution in [0.3, 0.4) is 0 Å². The first kappa shape index (κ1) is 32.6. The summed E-state index contributed by atoms with van der Waals surface area (Å²) in [5, 5.41) is 4.09. The van der Waals surface area contributed by atoms with Crippen LogP contribution in [-0.4, -0.2) is 60.8 Å². The van der Waals surface area contributed by atoms with Crippen LogP contribution < -0.4 is 19.7 Å². The molecule has 230 valence electrons. The van der Waals surface area contributed by atoms with Crippen molar-refractivity contribution < 1.29 is 19.1 Å². The van der Waals surface area contributed by atoms with Crippen molar-refractivity contribution in [2.75, 3.05) is 44.3 Å². The predicted molar refractivity (Wildman–Crippen MR) is 176 cm³/mol. The zero-order chi connectivity index (χ0) is 31.8. The molecule has 0 saturated carbocycles. The number of benzene rings is 3. The number of hydrogen-bond acceptors (Lipinski definition) is 8. The summed E-state index contributed by atoms with van der Waals surface area (Å²) in [6, 6.07) is 20.8. The van der Waals surface area contributed by atoms with Gasteiger partial charge in [0, 0.05) is 48.4 Å². The number of anilines is 2. The fourth-order valence-electron chi connectivity index (χ4n) is 4.63. The SMILES string of the molecule is COc1ccc(C(C(=O)Nc2ccc(N(C)C)cc2)N(Cc2ccc(Cl)cc2)C(=O)CSc2nc(C)cc(C)n2)cc1OC. The highest BCUT2D eigenvalue weighted by Crippen LogP contribution is 2.34. The van der Waals surface area contributed by atoms with E-state index in [0.717, 1.165) is 22.6 Å². The Hall–Kier alpha value is -4.28. The highest BCUT2D eigenvalue weighted by atomic mass is 35.5. The summed E-state index contributed by atoms with van der Waals surface area (Å²) in [6.07, 6.45) is 0. The van der Waals surface area contributed by atoms with E-state index in [9.17, 15) is 9.59 Å². The number of thioether (sulfide) groups is 1. The van der Waals surface area contributed by atoms with Crippen molar-refractivity contribution in [3.05, 3.63) is 100 Å². The van der Waals surface area contributed by atoms with E-state index in [2.05, 4.69) is 15.3 Å². The number of aromatic nitrogens is 2. The highest BCUT2D eigenvalue weighted by molar-refractivity contribution is 7.99. The lowest BCUT2D eigenvalue weighted by Crippen LogP contribution is -2.41. The molecule has 1 aromatic heterocycles. The molecule has 44 heavy (non-hydrogen) atoms. The number of methoxy groups -OCH3 is 2. The molecular weight excluding hydrogens is 598 g/mol. The highest BCUT2D eigenvalue weighted by Gasteiger charge is 2.33. The molecule has 4 rings (SSSR count). The van der Waals surface area contributed by atoms with Gasteiger partial charge in [0.2, 0.25) is 5.91 Å². The Bertz CT molecular complexity index is 1580. The van der Waals surface area contributed by atoms with Crippen molar-refractivity contribution in [1.82, 2.24) is 14.9 Å². The van der Waals surface area contributed by atoms with E-state index in [1.165, 1.54) is 18.9 Å². The van der Waals surface area contributed by atoms with Crippen LogP contribution in [0.1, 0.15) is 28.6 Å². The second-order valence-electron chi connectivity index (χ2n) is 10.3. The Morgan fingerprint density at radius 1 is 0.886 bits per heavy atom. The maximum absolute atomic E-state index is 14.2. The van der Waals surface area contributed by atoms with Gasteiger partial charge in [-0.15, -0.1) is 0 Å². The van der Waals surface area contributed by atoms with Gasteiger partial charge in [0.25, 0.3) is 5.91 Å². The Morgan fingerprint density at radius 3 is 2.11 bits per heavy atom. The van der Waals surface area contributed by atoms with Crippen LogP contribution >= 0.6 is 23.4 Å². The number of nitrogens with one attached hydrogen (secondary N) is 1. The fourth-order valence-corrected chi connectivity index (χ4v) is 5.59. The van der Waals surface area contributed by atoms with Gasteiger partial charge in [-0.3, -0.25) is 9.59 Å². The van der Waals surface area contributed by atoms with E-state index < -0.39 is 6.04 Å². The largest absolute Gasteiger partial charge is 0.493 e. The molecule has 0 aliphatic heterocycles. The van der Waals surface area contributed by atoms with Crippen LogP contribution in [0.2, 0.25) is 5.02 Å². The minimum Gasteiger partial charge on any atom is -0.493 e. The minimum atomic E-state index is -1.02. The molecule has 9 nitrogen and oxygen atoms in total. The monoisotopic (exact) mass is 633 g/mol. The number of rotatable bonds is 12. The van der Waals surface area contributed by atoms with Crippen LogP contribution in [0.15, 0.2) is 78.0 Å². The van der Waals surface area contributed by atoms with E-state index >= 15 is 0 Å². The fraction of sp³-hybridized carbons (Fsp3) is 0.273. The van der Waals surface area contributed by atoms with Crippen molar-refractivity contribution in [1.29, 1.82) is 0 Å². The molecule has 11 heteroatoms. The molecule has 0 saturated heterocycles. The molecule has 0 aliphatic rings. The number of halogens is 1. The summed E-state index contributed by atoms with van der Waals surface area (Å²) in [6.45, 7) is 3.92. The van der Waals surface area contributed by atoms with Gasteiger partial charge in [0.15, 0.2) is 16.7 Å². The minimum absolute atomic E-state index is 0.0189. The number of amides is 2. The molecule has 2 amide bonds. The Balaban J connectivity index is 1.75. The second kappa shape index (κ2) is 14.9. The first-order valence-electron chi connectivity index (χ1n) is 13.9. The summed E-state index contributed by atoms with van der Waals surface area (Å²) >= 11 is 7.38. The van der Waals surface area contributed by atoms with E-state index in [1.54, 1.807) is 42.3 Å². The smallest absolute Gasteiger partial charge is 0.251 e. The Labute approximate surface area is 267 Å². The molecule has 0 spiro atoms. The maximum Gasteiger partial charge on any atom is 0.251 e. The quantitative estimate of drug-likeness (QED) is 0.143. The normalized spacial score (nSPS) is 11.4. The molecule has 1 atom stereocenters. The molecule has 0 fully saturated rings. The molecule has 1 unspecified atom stereocenters. The summed E-state index contributed by atoms with van der Waals surface area (Å²) in [5.41, 5.74) is 4.58. The summed E-state index contributed by atoms with van der Waals surface area (Å²) in [4.78, 5) is 40.8. The van der Waals surface area contributed by atoms with Crippen molar-refractivity contribution in [2.45, 2.75) is 31.6 Å². The Morgan fingerprint density at radius 2 is 1.52 bits per heavy atom. The summed E-state index contributed by atoms with van der Waals surface area (Å²) in [5.74, 6) is 0.309. The van der Waals surface area contributed by atoms with Gasteiger partial charge in [-0.1, -0.05) is 41.6 Å². The lowest BCUT2D eigenvalue weighted by atomic mass is 10.0. The molecule has 0 bridgehead atoms. The molecule has 3 aromatic carbocycles. The molecule has 1 heterocycles. The zero-order valence-corrected chi connectivity index (χ0v) is 27.2. The van der Waals surface area contributed by atoms with E-state index in [1.807, 2.05) is 75.3 Å². The number of ether oxygens (including phenoxy) is 2. The van der Waals surface area contributed by atoms with Gasteiger partial charge in [0.1, 0.15) is 6.04 Å². The number of aryl methyl sites for hydroxylation is 2. The summed E-state index contributed by atoms with van der Waals surface area (Å²) < 4.78 is 11.0. The van der Waals surface area contributed by atoms with E-state index in [-0.39, 0.29) is 24.1 Å². The lowest BCUT2D eigenvalue weighted by molar-refractivity contribution is -0.137. The van der Waals surface area contributed by atoms with E-state index in [4.69, 9.17) is 21.1 Å². The van der Waals surface area contributed by atoms with Gasteiger partial charge in [0.05, 0.1) is 20.0 Å². The van der Waals surface area contributed by atoms with Crippen molar-refractivity contribution in [3.8, 4) is 11.5 Å². The number of nitrogens with zero attached hydrogens (tertiary/aromatic N) is 4. The average molecular weight is 634 g/mol. The first-order chi connectivity index (χ1) is 21.1.